The maximum atomic E-state index is 13.4. The SMILES string of the molecule is Cc1ccc(N(C(=O)c2cc3ccccc3oc2=O)[C@H]2C=CS(=O)(=O)C2)cc1C. The normalized spacial score (nSPS) is 17.5. The van der Waals surface area contributed by atoms with E-state index in [1.165, 1.54) is 17.0 Å². The molecule has 0 N–H and O–H groups in total. The molecule has 4 rings (SSSR count). The molecule has 1 aliphatic rings. The second-order valence-electron chi connectivity index (χ2n) is 7.15. The number of amides is 1. The van der Waals surface area contributed by atoms with Gasteiger partial charge < -0.3 is 9.32 Å². The minimum absolute atomic E-state index is 0.139. The first-order chi connectivity index (χ1) is 13.7. The van der Waals surface area contributed by atoms with Gasteiger partial charge in [0, 0.05) is 16.5 Å². The van der Waals surface area contributed by atoms with Crippen LogP contribution in [0, 0.1) is 13.8 Å². The molecule has 1 amide bonds. The van der Waals surface area contributed by atoms with E-state index in [1.807, 2.05) is 26.0 Å². The molecule has 6 nitrogen and oxygen atoms in total. The van der Waals surface area contributed by atoms with Gasteiger partial charge in [-0.25, -0.2) is 13.2 Å². The van der Waals surface area contributed by atoms with Gasteiger partial charge in [-0.1, -0.05) is 24.3 Å². The van der Waals surface area contributed by atoms with Crippen molar-refractivity contribution >= 4 is 32.4 Å². The van der Waals surface area contributed by atoms with Crippen molar-refractivity contribution in [1.29, 1.82) is 0 Å². The monoisotopic (exact) mass is 409 g/mol. The number of hydrogen-bond acceptors (Lipinski definition) is 5. The van der Waals surface area contributed by atoms with Gasteiger partial charge in [0.1, 0.15) is 11.1 Å². The van der Waals surface area contributed by atoms with Gasteiger partial charge in [-0.05, 0) is 55.3 Å². The molecule has 29 heavy (non-hydrogen) atoms. The average molecular weight is 409 g/mol. The highest BCUT2D eigenvalue weighted by Gasteiger charge is 2.33. The molecule has 1 atom stereocenters. The summed E-state index contributed by atoms with van der Waals surface area (Å²) in [5.41, 5.74) is 2.01. The van der Waals surface area contributed by atoms with Gasteiger partial charge in [-0.2, -0.15) is 0 Å². The number of hydrogen-bond donors (Lipinski definition) is 0. The van der Waals surface area contributed by atoms with Crippen LogP contribution in [0.5, 0.6) is 0 Å². The van der Waals surface area contributed by atoms with E-state index in [2.05, 4.69) is 0 Å². The topological polar surface area (TPSA) is 84.7 Å². The molecule has 0 aliphatic carbocycles. The molecule has 2 aromatic carbocycles. The van der Waals surface area contributed by atoms with Crippen molar-refractivity contribution in [2.75, 3.05) is 10.7 Å². The van der Waals surface area contributed by atoms with Crippen LogP contribution in [0.25, 0.3) is 11.0 Å². The highest BCUT2D eigenvalue weighted by Crippen LogP contribution is 2.27. The summed E-state index contributed by atoms with van der Waals surface area (Å²) in [7, 11) is -3.40. The van der Waals surface area contributed by atoms with Crippen molar-refractivity contribution in [2.45, 2.75) is 19.9 Å². The summed E-state index contributed by atoms with van der Waals surface area (Å²) < 4.78 is 29.3. The molecular formula is C22H19NO5S. The lowest BCUT2D eigenvalue weighted by molar-refractivity contribution is 0.0979. The van der Waals surface area contributed by atoms with Gasteiger partial charge in [-0.3, -0.25) is 4.79 Å². The van der Waals surface area contributed by atoms with E-state index in [1.54, 1.807) is 30.3 Å². The minimum Gasteiger partial charge on any atom is -0.422 e. The zero-order valence-electron chi connectivity index (χ0n) is 16.0. The van der Waals surface area contributed by atoms with Crippen LogP contribution in [-0.4, -0.2) is 26.1 Å². The van der Waals surface area contributed by atoms with E-state index in [4.69, 9.17) is 4.42 Å². The second-order valence-corrected chi connectivity index (χ2v) is 9.09. The highest BCUT2D eigenvalue weighted by atomic mass is 32.2. The number of anilines is 1. The quantitative estimate of drug-likeness (QED) is 0.619. The number of benzene rings is 2. The van der Waals surface area contributed by atoms with Crippen LogP contribution >= 0.6 is 0 Å². The predicted octanol–water partition coefficient (Wildman–Crippen LogP) is 3.37. The Morgan fingerprint density at radius 1 is 1.07 bits per heavy atom. The number of aryl methyl sites for hydroxylation is 2. The molecule has 0 saturated carbocycles. The molecular weight excluding hydrogens is 390 g/mol. The lowest BCUT2D eigenvalue weighted by Gasteiger charge is -2.28. The maximum absolute atomic E-state index is 13.4. The van der Waals surface area contributed by atoms with Crippen LogP contribution in [0.4, 0.5) is 5.69 Å². The van der Waals surface area contributed by atoms with Gasteiger partial charge in [0.05, 0.1) is 11.8 Å². The molecule has 3 aromatic rings. The number of nitrogens with zero attached hydrogens (tertiary/aromatic N) is 1. The first-order valence-electron chi connectivity index (χ1n) is 9.10. The summed E-state index contributed by atoms with van der Waals surface area (Å²) in [5, 5.41) is 1.73. The molecule has 0 unspecified atom stereocenters. The number of sulfone groups is 1. The molecule has 1 aromatic heterocycles. The molecule has 0 spiro atoms. The van der Waals surface area contributed by atoms with Crippen molar-refractivity contribution in [2.24, 2.45) is 0 Å². The van der Waals surface area contributed by atoms with E-state index in [0.29, 0.717) is 16.7 Å². The molecule has 0 radical (unpaired) electrons. The highest BCUT2D eigenvalue weighted by molar-refractivity contribution is 7.94. The van der Waals surface area contributed by atoms with Crippen LogP contribution < -0.4 is 10.5 Å². The first-order valence-corrected chi connectivity index (χ1v) is 10.8. The summed E-state index contributed by atoms with van der Waals surface area (Å²) in [6.45, 7) is 3.86. The lowest BCUT2D eigenvalue weighted by atomic mass is 10.1. The lowest BCUT2D eigenvalue weighted by Crippen LogP contribution is -2.43. The molecule has 0 saturated heterocycles. The smallest absolute Gasteiger partial charge is 0.349 e. The molecule has 7 heteroatoms. The number of carbonyl (C=O) groups is 1. The minimum atomic E-state index is -3.40. The zero-order chi connectivity index (χ0) is 20.8. The third kappa shape index (κ3) is 3.61. The van der Waals surface area contributed by atoms with Crippen LogP contribution in [0.15, 0.2) is 69.2 Å². The van der Waals surface area contributed by atoms with E-state index < -0.39 is 27.4 Å². The van der Waals surface area contributed by atoms with Crippen LogP contribution in [-0.2, 0) is 9.84 Å². The van der Waals surface area contributed by atoms with Gasteiger partial charge in [0.2, 0.25) is 0 Å². The first kappa shape index (κ1) is 19.1. The standard InChI is InChI=1S/C22H19NO5S/c1-14-7-8-17(11-15(14)2)23(18-9-10-29(26,27)13-18)21(24)19-12-16-5-3-4-6-20(16)28-22(19)25/h3-12,18H,13H2,1-2H3/t18-/m0/s1. The number of fused-ring (bicyclic) bond motifs is 1. The third-order valence-electron chi connectivity index (χ3n) is 5.10. The fourth-order valence-electron chi connectivity index (χ4n) is 3.40. The number of carbonyl (C=O) groups excluding carboxylic acids is 1. The summed E-state index contributed by atoms with van der Waals surface area (Å²) in [6.07, 6.45) is 1.48. The number of para-hydroxylation sites is 1. The molecule has 148 valence electrons. The fraction of sp³-hybridized carbons (Fsp3) is 0.182. The Kier molecular flexibility index (Phi) is 4.62. The molecule has 2 heterocycles. The van der Waals surface area contributed by atoms with Crippen molar-refractivity contribution in [3.63, 3.8) is 0 Å². The van der Waals surface area contributed by atoms with Crippen LogP contribution in [0.2, 0.25) is 0 Å². The van der Waals surface area contributed by atoms with Gasteiger partial charge in [0.15, 0.2) is 9.84 Å². The Balaban J connectivity index is 1.86. The summed E-state index contributed by atoms with van der Waals surface area (Å²) in [4.78, 5) is 27.3. The van der Waals surface area contributed by atoms with Crippen molar-refractivity contribution < 1.29 is 17.6 Å². The van der Waals surface area contributed by atoms with Crippen LogP contribution in [0.1, 0.15) is 21.5 Å². The average Bonchev–Trinajstić information content (AvgIpc) is 3.03. The van der Waals surface area contributed by atoms with E-state index in [-0.39, 0.29) is 11.3 Å². The Bertz CT molecular complexity index is 1320. The largest absolute Gasteiger partial charge is 0.422 e. The Hall–Kier alpha value is -3.19. The predicted molar refractivity (Wildman–Crippen MR) is 112 cm³/mol. The molecule has 0 fully saturated rings. The van der Waals surface area contributed by atoms with Crippen molar-refractivity contribution in [1.82, 2.24) is 0 Å². The Morgan fingerprint density at radius 3 is 2.52 bits per heavy atom. The third-order valence-corrected chi connectivity index (χ3v) is 6.48. The van der Waals surface area contributed by atoms with Gasteiger partial charge >= 0.3 is 5.63 Å². The maximum Gasteiger partial charge on any atom is 0.349 e. The Morgan fingerprint density at radius 2 is 1.83 bits per heavy atom. The van der Waals surface area contributed by atoms with E-state index >= 15 is 0 Å². The summed E-state index contributed by atoms with van der Waals surface area (Å²) in [6, 6.07) is 13.1. The fourth-order valence-corrected chi connectivity index (χ4v) is 4.66. The van der Waals surface area contributed by atoms with Crippen molar-refractivity contribution in [3.8, 4) is 0 Å². The van der Waals surface area contributed by atoms with Gasteiger partial charge in [-0.15, -0.1) is 0 Å². The number of rotatable bonds is 3. The second kappa shape index (κ2) is 7.00. The van der Waals surface area contributed by atoms with E-state index in [9.17, 15) is 18.0 Å². The van der Waals surface area contributed by atoms with Crippen molar-refractivity contribution in [3.05, 3.63) is 87.1 Å². The Labute approximate surface area is 168 Å². The van der Waals surface area contributed by atoms with Gasteiger partial charge in [0.25, 0.3) is 5.91 Å². The summed E-state index contributed by atoms with van der Waals surface area (Å²) in [5.74, 6) is -0.829. The summed E-state index contributed by atoms with van der Waals surface area (Å²) >= 11 is 0. The molecule has 1 aliphatic heterocycles. The molecule has 0 bridgehead atoms. The van der Waals surface area contributed by atoms with E-state index in [0.717, 1.165) is 16.5 Å². The zero-order valence-corrected chi connectivity index (χ0v) is 16.8. The van der Waals surface area contributed by atoms with Crippen LogP contribution in [0.3, 0.4) is 0 Å².